The number of alkyl halides is 1. The van der Waals surface area contributed by atoms with Crippen LogP contribution < -0.4 is 10.2 Å². The SMILES string of the molecule is C=CCCC(=O)NC[C@@H](C)OC(=O)[C@@H]1[C@H]2O[C@@]3(CC2Br)[C@H](C(=O)N(CC=C)c2c(C)cccc2Cl)N(CCCCO)C(=O)[C@@H]13. The number of esters is 1. The summed E-state index contributed by atoms with van der Waals surface area (Å²) in [5.74, 6) is -3.42. The van der Waals surface area contributed by atoms with Crippen LogP contribution in [-0.2, 0) is 28.7 Å². The van der Waals surface area contributed by atoms with Crippen molar-refractivity contribution in [2.45, 2.75) is 74.6 Å². The number of aryl methyl sites for hydroxylation is 1. The Morgan fingerprint density at radius 2 is 2.07 bits per heavy atom. The fourth-order valence-corrected chi connectivity index (χ4v) is 8.01. The lowest BCUT2D eigenvalue weighted by Crippen LogP contribution is -2.57. The van der Waals surface area contributed by atoms with E-state index < -0.39 is 41.7 Å². The third-order valence-electron chi connectivity index (χ3n) is 8.62. The largest absolute Gasteiger partial charge is 0.460 e. The number of aliphatic hydroxyl groups excluding tert-OH is 1. The lowest BCUT2D eigenvalue weighted by molar-refractivity contribution is -0.159. The maximum absolute atomic E-state index is 14.7. The number of ether oxygens (including phenoxy) is 2. The first-order valence-electron chi connectivity index (χ1n) is 15.0. The van der Waals surface area contributed by atoms with Crippen molar-refractivity contribution in [1.29, 1.82) is 0 Å². The first kappa shape index (κ1) is 34.1. The predicted molar refractivity (Wildman–Crippen MR) is 170 cm³/mol. The van der Waals surface area contributed by atoms with E-state index in [0.29, 0.717) is 36.4 Å². The maximum atomic E-state index is 14.7. The molecule has 1 aromatic rings. The summed E-state index contributed by atoms with van der Waals surface area (Å²) in [5, 5.41) is 12.6. The smallest absolute Gasteiger partial charge is 0.312 e. The number of halogens is 2. The van der Waals surface area contributed by atoms with E-state index in [-0.39, 0.29) is 55.2 Å². The number of anilines is 1. The van der Waals surface area contributed by atoms with Crippen LogP contribution >= 0.6 is 27.5 Å². The van der Waals surface area contributed by atoms with Crippen molar-refractivity contribution in [2.24, 2.45) is 11.8 Å². The van der Waals surface area contributed by atoms with Crippen LogP contribution in [0.1, 0.15) is 44.6 Å². The van der Waals surface area contributed by atoms with Crippen molar-refractivity contribution < 1.29 is 33.8 Å². The fraction of sp³-hybridized carbons (Fsp3) is 0.562. The van der Waals surface area contributed by atoms with Crippen molar-refractivity contribution in [3.63, 3.8) is 0 Å². The number of hydrogen-bond acceptors (Lipinski definition) is 7. The van der Waals surface area contributed by atoms with Gasteiger partial charge in [-0.1, -0.05) is 51.8 Å². The van der Waals surface area contributed by atoms with Gasteiger partial charge in [0.25, 0.3) is 5.91 Å². The van der Waals surface area contributed by atoms with E-state index >= 15 is 0 Å². The van der Waals surface area contributed by atoms with Gasteiger partial charge in [0, 0.05) is 30.9 Å². The predicted octanol–water partition coefficient (Wildman–Crippen LogP) is 3.70. The van der Waals surface area contributed by atoms with Crippen LogP contribution in [0.15, 0.2) is 43.5 Å². The number of benzene rings is 1. The Bertz CT molecular complexity index is 1270. The molecule has 240 valence electrons. The standard InChI is InChI=1S/C32H41BrClN3O7/c1-5-7-13-23(39)35-18-20(4)43-31(42)24-25-29(40)37(15-8-9-16-38)28(32(25)17-21(33)27(24)44-32)30(41)36(14-6-2)26-19(3)11-10-12-22(26)34/h5-6,10-12,20-21,24-25,27-28,38H,1-2,7-9,13-18H2,3-4H3,(H,35,39)/t20-,21?,24+,25-,27+,28+,32-/m1/s1. The zero-order valence-electron chi connectivity index (χ0n) is 25.2. The van der Waals surface area contributed by atoms with Gasteiger partial charge in [0.15, 0.2) is 0 Å². The number of carbonyl (C=O) groups excluding carboxylic acids is 4. The number of carbonyl (C=O) groups is 4. The molecule has 44 heavy (non-hydrogen) atoms. The van der Waals surface area contributed by atoms with E-state index in [0.717, 1.165) is 5.56 Å². The molecule has 0 aromatic heterocycles. The molecule has 3 aliphatic heterocycles. The van der Waals surface area contributed by atoms with Gasteiger partial charge < -0.3 is 29.7 Å². The first-order chi connectivity index (χ1) is 21.0. The average molecular weight is 695 g/mol. The number of fused-ring (bicyclic) bond motifs is 1. The molecule has 3 fully saturated rings. The fourth-order valence-electron chi connectivity index (χ4n) is 6.74. The van der Waals surface area contributed by atoms with Crippen LogP contribution in [0.3, 0.4) is 0 Å². The van der Waals surface area contributed by atoms with E-state index in [1.165, 1.54) is 9.80 Å². The number of likely N-dealkylation sites (tertiary alicyclic amines) is 1. The van der Waals surface area contributed by atoms with E-state index in [2.05, 4.69) is 34.4 Å². The molecule has 1 aromatic carbocycles. The molecular weight excluding hydrogens is 654 g/mol. The Morgan fingerprint density at radius 1 is 1.32 bits per heavy atom. The summed E-state index contributed by atoms with van der Waals surface area (Å²) >= 11 is 10.3. The summed E-state index contributed by atoms with van der Waals surface area (Å²) in [6.45, 7) is 11.4. The Labute approximate surface area is 271 Å². The van der Waals surface area contributed by atoms with Gasteiger partial charge in [-0.15, -0.1) is 13.2 Å². The van der Waals surface area contributed by atoms with Gasteiger partial charge in [-0.3, -0.25) is 19.2 Å². The molecule has 2 bridgehead atoms. The van der Waals surface area contributed by atoms with Crippen LogP contribution in [0.25, 0.3) is 0 Å². The summed E-state index contributed by atoms with van der Waals surface area (Å²) in [7, 11) is 0. The second-order valence-electron chi connectivity index (χ2n) is 11.6. The molecule has 1 unspecified atom stereocenters. The minimum atomic E-state index is -1.29. The molecule has 10 nitrogen and oxygen atoms in total. The molecule has 0 aliphatic carbocycles. The van der Waals surface area contributed by atoms with Crippen LogP contribution in [0.4, 0.5) is 5.69 Å². The molecule has 0 radical (unpaired) electrons. The van der Waals surface area contributed by atoms with Crippen LogP contribution in [0.5, 0.6) is 0 Å². The third kappa shape index (κ3) is 6.47. The summed E-state index contributed by atoms with van der Waals surface area (Å²) < 4.78 is 12.3. The highest BCUT2D eigenvalue weighted by Crippen LogP contribution is 2.60. The molecule has 3 heterocycles. The van der Waals surface area contributed by atoms with Crippen molar-refractivity contribution in [2.75, 3.05) is 31.1 Å². The summed E-state index contributed by atoms with van der Waals surface area (Å²) in [6, 6.07) is 4.31. The molecule has 12 heteroatoms. The summed E-state index contributed by atoms with van der Waals surface area (Å²) in [6.07, 6.45) is 3.97. The van der Waals surface area contributed by atoms with Crippen molar-refractivity contribution in [3.8, 4) is 0 Å². The summed E-state index contributed by atoms with van der Waals surface area (Å²) in [4.78, 5) is 57.4. The summed E-state index contributed by atoms with van der Waals surface area (Å²) in [5.41, 5.74) is 0.0107. The zero-order valence-corrected chi connectivity index (χ0v) is 27.5. The number of hydrogen-bond donors (Lipinski definition) is 2. The van der Waals surface area contributed by atoms with Crippen molar-refractivity contribution >= 4 is 56.9 Å². The molecule has 3 saturated heterocycles. The van der Waals surface area contributed by atoms with Gasteiger partial charge in [-0.2, -0.15) is 0 Å². The number of aliphatic hydroxyl groups is 1. The molecular formula is C32H41BrClN3O7. The first-order valence-corrected chi connectivity index (χ1v) is 16.3. The molecule has 0 saturated carbocycles. The van der Waals surface area contributed by atoms with Gasteiger partial charge in [0.1, 0.15) is 17.7 Å². The van der Waals surface area contributed by atoms with Gasteiger partial charge in [0.05, 0.1) is 35.2 Å². The molecule has 4 rings (SSSR count). The Hall–Kier alpha value is -2.73. The Morgan fingerprint density at radius 3 is 2.73 bits per heavy atom. The lowest BCUT2D eigenvalue weighted by Gasteiger charge is -2.37. The second kappa shape index (κ2) is 14.6. The molecule has 3 aliphatic rings. The Kier molecular flexibility index (Phi) is 11.3. The average Bonchev–Trinajstić information content (AvgIpc) is 3.57. The number of allylic oxidation sites excluding steroid dienone is 1. The van der Waals surface area contributed by atoms with Crippen LogP contribution in [0.2, 0.25) is 5.02 Å². The molecule has 3 amide bonds. The monoisotopic (exact) mass is 693 g/mol. The minimum Gasteiger partial charge on any atom is -0.460 e. The number of nitrogens with one attached hydrogen (secondary N) is 1. The topological polar surface area (TPSA) is 125 Å². The van der Waals surface area contributed by atoms with E-state index in [4.69, 9.17) is 21.1 Å². The second-order valence-corrected chi connectivity index (χ2v) is 13.2. The number of para-hydroxylation sites is 1. The molecule has 7 atom stereocenters. The lowest BCUT2D eigenvalue weighted by atomic mass is 9.70. The van der Waals surface area contributed by atoms with E-state index in [1.54, 1.807) is 31.2 Å². The van der Waals surface area contributed by atoms with E-state index in [1.807, 2.05) is 13.0 Å². The van der Waals surface area contributed by atoms with Crippen LogP contribution in [-0.4, -0.2) is 88.6 Å². The quantitative estimate of drug-likeness (QED) is 0.124. The van der Waals surface area contributed by atoms with Gasteiger partial charge in [-0.25, -0.2) is 0 Å². The normalized spacial score (nSPS) is 27.5. The van der Waals surface area contributed by atoms with Crippen molar-refractivity contribution in [3.05, 3.63) is 54.1 Å². The van der Waals surface area contributed by atoms with Crippen molar-refractivity contribution in [1.82, 2.24) is 10.2 Å². The van der Waals surface area contributed by atoms with Gasteiger partial charge in [-0.05, 0) is 51.2 Å². The number of nitrogens with zero attached hydrogens (tertiary/aromatic N) is 2. The van der Waals surface area contributed by atoms with Gasteiger partial charge >= 0.3 is 5.97 Å². The number of unbranched alkanes of at least 4 members (excludes halogenated alkanes) is 1. The molecule has 1 spiro atoms. The Balaban J connectivity index is 1.66. The van der Waals surface area contributed by atoms with Gasteiger partial charge in [0.2, 0.25) is 11.8 Å². The van der Waals surface area contributed by atoms with E-state index in [9.17, 15) is 24.3 Å². The molecule has 2 N–H and O–H groups in total. The minimum absolute atomic E-state index is 0.0599. The number of amides is 3. The highest BCUT2D eigenvalue weighted by Gasteiger charge is 2.77. The maximum Gasteiger partial charge on any atom is 0.312 e. The third-order valence-corrected chi connectivity index (χ3v) is 9.77. The highest BCUT2D eigenvalue weighted by molar-refractivity contribution is 9.09. The van der Waals surface area contributed by atoms with Crippen LogP contribution in [0, 0.1) is 18.8 Å². The number of rotatable bonds is 15. The highest BCUT2D eigenvalue weighted by atomic mass is 79.9. The zero-order chi connectivity index (χ0) is 32.2.